The standard InChI is InChI=1S/C21H17FO3/c1-24-21-12-20(22)19(11-17(21)13-23)16-7-9-18(10-8-16)25-14-15-5-3-2-4-6-15/h2-13H,14H2,1H3. The Morgan fingerprint density at radius 2 is 1.72 bits per heavy atom. The van der Waals surface area contributed by atoms with Crippen LogP contribution in [-0.4, -0.2) is 13.4 Å². The van der Waals surface area contributed by atoms with Crippen molar-refractivity contribution in [3.63, 3.8) is 0 Å². The van der Waals surface area contributed by atoms with Gasteiger partial charge in [-0.15, -0.1) is 0 Å². The summed E-state index contributed by atoms with van der Waals surface area (Å²) in [7, 11) is 1.40. The van der Waals surface area contributed by atoms with Gasteiger partial charge in [0.15, 0.2) is 6.29 Å². The first-order chi connectivity index (χ1) is 12.2. The van der Waals surface area contributed by atoms with Gasteiger partial charge in [0.25, 0.3) is 0 Å². The lowest BCUT2D eigenvalue weighted by atomic mass is 10.0. The van der Waals surface area contributed by atoms with E-state index in [-0.39, 0.29) is 5.75 Å². The van der Waals surface area contributed by atoms with Crippen molar-refractivity contribution in [3.05, 3.63) is 83.7 Å². The van der Waals surface area contributed by atoms with Crippen LogP contribution in [0.25, 0.3) is 11.1 Å². The SMILES string of the molecule is COc1cc(F)c(-c2ccc(OCc3ccccc3)cc2)cc1C=O. The molecule has 0 unspecified atom stereocenters. The monoisotopic (exact) mass is 336 g/mol. The lowest BCUT2D eigenvalue weighted by Gasteiger charge is -2.10. The Balaban J connectivity index is 1.79. The molecule has 3 rings (SSSR count). The van der Waals surface area contributed by atoms with Gasteiger partial charge < -0.3 is 9.47 Å². The number of ether oxygens (including phenoxy) is 2. The number of rotatable bonds is 6. The lowest BCUT2D eigenvalue weighted by molar-refractivity contribution is 0.112. The van der Waals surface area contributed by atoms with Gasteiger partial charge in [-0.2, -0.15) is 0 Å². The average Bonchev–Trinajstić information content (AvgIpc) is 2.67. The van der Waals surface area contributed by atoms with Crippen molar-refractivity contribution in [2.75, 3.05) is 7.11 Å². The fraction of sp³-hybridized carbons (Fsp3) is 0.0952. The van der Waals surface area contributed by atoms with Gasteiger partial charge in [0, 0.05) is 11.6 Å². The smallest absolute Gasteiger partial charge is 0.153 e. The maximum absolute atomic E-state index is 14.3. The minimum atomic E-state index is -0.444. The molecule has 0 heterocycles. The zero-order valence-electron chi connectivity index (χ0n) is 13.7. The molecular formula is C21H17FO3. The van der Waals surface area contributed by atoms with Crippen LogP contribution >= 0.6 is 0 Å². The topological polar surface area (TPSA) is 35.5 Å². The Hall–Kier alpha value is -3.14. The molecule has 4 heteroatoms. The Labute approximate surface area is 145 Å². The Bertz CT molecular complexity index is 858. The molecule has 25 heavy (non-hydrogen) atoms. The highest BCUT2D eigenvalue weighted by Gasteiger charge is 2.12. The van der Waals surface area contributed by atoms with Crippen LogP contribution in [0.5, 0.6) is 11.5 Å². The first-order valence-electron chi connectivity index (χ1n) is 7.81. The molecule has 0 bridgehead atoms. The summed E-state index contributed by atoms with van der Waals surface area (Å²) in [6.07, 6.45) is 0.652. The van der Waals surface area contributed by atoms with Crippen molar-refractivity contribution >= 4 is 6.29 Å². The number of carbonyl (C=O) groups excluding carboxylic acids is 1. The first-order valence-corrected chi connectivity index (χ1v) is 7.81. The summed E-state index contributed by atoms with van der Waals surface area (Å²) in [6.45, 7) is 0.465. The van der Waals surface area contributed by atoms with Crippen molar-refractivity contribution in [3.8, 4) is 22.6 Å². The molecule has 3 nitrogen and oxygen atoms in total. The van der Waals surface area contributed by atoms with E-state index in [9.17, 15) is 9.18 Å². The Kier molecular flexibility index (Phi) is 5.09. The summed E-state index contributed by atoms with van der Waals surface area (Å²) in [5, 5.41) is 0. The average molecular weight is 336 g/mol. The van der Waals surface area contributed by atoms with Gasteiger partial charge in [-0.25, -0.2) is 4.39 Å². The van der Waals surface area contributed by atoms with Crippen LogP contribution in [0.3, 0.4) is 0 Å². The molecule has 0 aliphatic rings. The molecule has 0 fully saturated rings. The van der Waals surface area contributed by atoms with E-state index < -0.39 is 5.82 Å². The minimum Gasteiger partial charge on any atom is -0.496 e. The summed E-state index contributed by atoms with van der Waals surface area (Å²) in [5.41, 5.74) is 2.39. The summed E-state index contributed by atoms with van der Waals surface area (Å²) in [5.74, 6) is 0.469. The molecule has 0 amide bonds. The molecule has 0 aromatic heterocycles. The molecular weight excluding hydrogens is 319 g/mol. The summed E-state index contributed by atoms with van der Waals surface area (Å²) < 4.78 is 25.0. The highest BCUT2D eigenvalue weighted by Crippen LogP contribution is 2.30. The second-order valence-corrected chi connectivity index (χ2v) is 5.49. The second-order valence-electron chi connectivity index (χ2n) is 5.49. The minimum absolute atomic E-state index is 0.221. The number of aldehydes is 1. The normalized spacial score (nSPS) is 10.3. The van der Waals surface area contributed by atoms with Crippen molar-refractivity contribution in [2.45, 2.75) is 6.61 Å². The van der Waals surface area contributed by atoms with Gasteiger partial charge in [-0.3, -0.25) is 4.79 Å². The van der Waals surface area contributed by atoms with E-state index in [1.165, 1.54) is 19.2 Å². The number of halogens is 1. The van der Waals surface area contributed by atoms with Crippen molar-refractivity contribution in [1.82, 2.24) is 0 Å². The van der Waals surface area contributed by atoms with E-state index >= 15 is 0 Å². The van der Waals surface area contributed by atoms with Gasteiger partial charge in [-0.1, -0.05) is 42.5 Å². The van der Waals surface area contributed by atoms with Gasteiger partial charge in [0.1, 0.15) is 23.9 Å². The number of methoxy groups -OCH3 is 1. The fourth-order valence-electron chi connectivity index (χ4n) is 2.53. The molecule has 3 aromatic carbocycles. The molecule has 0 atom stereocenters. The molecule has 0 aliphatic heterocycles. The van der Waals surface area contributed by atoms with Gasteiger partial charge in [0.05, 0.1) is 12.7 Å². The summed E-state index contributed by atoms with van der Waals surface area (Å²) >= 11 is 0. The number of carbonyl (C=O) groups is 1. The molecule has 0 N–H and O–H groups in total. The zero-order chi connectivity index (χ0) is 17.6. The Morgan fingerprint density at radius 1 is 1.00 bits per heavy atom. The molecule has 0 spiro atoms. The van der Waals surface area contributed by atoms with E-state index in [1.54, 1.807) is 24.3 Å². The highest BCUT2D eigenvalue weighted by atomic mass is 19.1. The predicted octanol–water partition coefficient (Wildman–Crippen LogP) is 4.89. The third-order valence-corrected chi connectivity index (χ3v) is 3.86. The summed E-state index contributed by atoms with van der Waals surface area (Å²) in [6, 6.07) is 19.6. The molecule has 0 radical (unpaired) electrons. The van der Waals surface area contributed by atoms with Crippen LogP contribution in [0.2, 0.25) is 0 Å². The van der Waals surface area contributed by atoms with Gasteiger partial charge >= 0.3 is 0 Å². The fourth-order valence-corrected chi connectivity index (χ4v) is 2.53. The largest absolute Gasteiger partial charge is 0.496 e. The number of benzene rings is 3. The van der Waals surface area contributed by atoms with E-state index in [0.717, 1.165) is 5.56 Å². The van der Waals surface area contributed by atoms with E-state index in [4.69, 9.17) is 9.47 Å². The highest BCUT2D eigenvalue weighted by molar-refractivity contribution is 5.83. The molecule has 126 valence electrons. The van der Waals surface area contributed by atoms with E-state index in [0.29, 0.717) is 35.3 Å². The maximum Gasteiger partial charge on any atom is 0.153 e. The van der Waals surface area contributed by atoms with Crippen molar-refractivity contribution < 1.29 is 18.7 Å². The van der Waals surface area contributed by atoms with Gasteiger partial charge in [-0.05, 0) is 29.3 Å². The van der Waals surface area contributed by atoms with Crippen molar-refractivity contribution in [2.24, 2.45) is 0 Å². The van der Waals surface area contributed by atoms with Crippen LogP contribution in [0.15, 0.2) is 66.7 Å². The number of hydrogen-bond donors (Lipinski definition) is 0. The van der Waals surface area contributed by atoms with E-state index in [1.807, 2.05) is 30.3 Å². The molecule has 0 aliphatic carbocycles. The Morgan fingerprint density at radius 3 is 2.36 bits per heavy atom. The van der Waals surface area contributed by atoms with Crippen molar-refractivity contribution in [1.29, 1.82) is 0 Å². The third kappa shape index (κ3) is 3.86. The lowest BCUT2D eigenvalue weighted by Crippen LogP contribution is -1.96. The molecule has 3 aromatic rings. The van der Waals surface area contributed by atoms with E-state index in [2.05, 4.69) is 0 Å². The van der Waals surface area contributed by atoms with Crippen LogP contribution in [0.4, 0.5) is 4.39 Å². The zero-order valence-corrected chi connectivity index (χ0v) is 13.7. The summed E-state index contributed by atoms with van der Waals surface area (Å²) in [4.78, 5) is 11.1. The molecule has 0 saturated carbocycles. The van der Waals surface area contributed by atoms with Crippen LogP contribution < -0.4 is 9.47 Å². The van der Waals surface area contributed by atoms with Gasteiger partial charge in [0.2, 0.25) is 0 Å². The molecule has 0 saturated heterocycles. The van der Waals surface area contributed by atoms with Crippen LogP contribution in [0, 0.1) is 5.82 Å². The van der Waals surface area contributed by atoms with Crippen LogP contribution in [0.1, 0.15) is 15.9 Å². The second kappa shape index (κ2) is 7.62. The number of hydrogen-bond acceptors (Lipinski definition) is 3. The quantitative estimate of drug-likeness (QED) is 0.601. The maximum atomic E-state index is 14.3. The van der Waals surface area contributed by atoms with Crippen LogP contribution in [-0.2, 0) is 6.61 Å². The predicted molar refractivity (Wildman–Crippen MR) is 94.5 cm³/mol. The first kappa shape index (κ1) is 16.7. The third-order valence-electron chi connectivity index (χ3n) is 3.86.